The number of carbonyl (C=O) groups is 1. The molecule has 0 saturated heterocycles. The molecule has 0 aromatic heterocycles. The second-order valence-electron chi connectivity index (χ2n) is 14.4. The minimum absolute atomic E-state index is 0.00508. The molecule has 5 rings (SSSR count). The fraction of sp³-hybridized carbons (Fsp3) is 0.447. The highest BCUT2D eigenvalue weighted by Gasteiger charge is 2.58. The number of ether oxygens (including phenoxy) is 1. The Morgan fingerprint density at radius 3 is 2.19 bits per heavy atom. The van der Waals surface area contributed by atoms with E-state index in [0.717, 1.165) is 12.8 Å². The Bertz CT molecular complexity index is 1640. The Hall–Kier alpha value is -2.79. The van der Waals surface area contributed by atoms with Gasteiger partial charge in [-0.05, 0) is 83.1 Å². The molecule has 2 N–H and O–H groups in total. The van der Waals surface area contributed by atoms with Crippen molar-refractivity contribution in [2.45, 2.75) is 75.3 Å². The van der Waals surface area contributed by atoms with Crippen LogP contribution in [-0.2, 0) is 24.0 Å². The molecule has 0 aliphatic heterocycles. The zero-order valence-electron chi connectivity index (χ0n) is 28.3. The van der Waals surface area contributed by atoms with Crippen molar-refractivity contribution in [3.63, 3.8) is 0 Å². The van der Waals surface area contributed by atoms with Crippen LogP contribution in [0.5, 0.6) is 0 Å². The summed E-state index contributed by atoms with van der Waals surface area (Å²) in [4.78, 5) is 11.8. The molecule has 3 aromatic carbocycles. The number of unbranched alkanes of at least 4 members (excludes halogenated alkanes) is 1. The molecule has 7 nitrogen and oxygen atoms in total. The van der Waals surface area contributed by atoms with Crippen LogP contribution in [0.15, 0.2) is 101 Å². The molecule has 4 atom stereocenters. The predicted octanol–water partition coefficient (Wildman–Crippen LogP) is 6.24. The van der Waals surface area contributed by atoms with E-state index >= 15 is 0 Å². The van der Waals surface area contributed by atoms with Gasteiger partial charge < -0.3 is 14.3 Å². The lowest BCUT2D eigenvalue weighted by molar-refractivity contribution is -0.140. The number of aliphatic hydroxyl groups is 1. The molecule has 0 spiro atoms. The van der Waals surface area contributed by atoms with Gasteiger partial charge in [-0.2, -0.15) is 0 Å². The van der Waals surface area contributed by atoms with Crippen LogP contribution in [0, 0.1) is 17.3 Å². The monoisotopic (exact) mass is 709 g/mol. The van der Waals surface area contributed by atoms with Gasteiger partial charge in [0.1, 0.15) is 0 Å². The van der Waals surface area contributed by atoms with E-state index in [9.17, 15) is 18.3 Å². The summed E-state index contributed by atoms with van der Waals surface area (Å²) in [7, 11) is -5.27. The van der Waals surface area contributed by atoms with Gasteiger partial charge in [0.25, 0.3) is 8.32 Å². The number of hydrogen-bond donors (Lipinski definition) is 2. The first-order valence-corrected chi connectivity index (χ1v) is 20.5. The first-order chi connectivity index (χ1) is 22.8. The van der Waals surface area contributed by atoms with Crippen LogP contribution in [0.4, 0.5) is 0 Å². The van der Waals surface area contributed by atoms with Gasteiger partial charge in [-0.25, -0.2) is 13.1 Å². The van der Waals surface area contributed by atoms with Crippen molar-refractivity contribution in [2.24, 2.45) is 17.3 Å². The number of fused-ring (bicyclic) bond motifs is 1. The number of allylic oxidation sites excluding steroid dienone is 2. The van der Waals surface area contributed by atoms with Crippen molar-refractivity contribution in [3.8, 4) is 0 Å². The lowest BCUT2D eigenvalue weighted by Gasteiger charge is -2.44. The second-order valence-corrected chi connectivity index (χ2v) is 20.9. The van der Waals surface area contributed by atoms with Crippen LogP contribution in [0.25, 0.3) is 0 Å². The quantitative estimate of drug-likeness (QED) is 0.0943. The van der Waals surface area contributed by atoms with E-state index in [4.69, 9.17) is 20.8 Å². The Morgan fingerprint density at radius 1 is 1.02 bits per heavy atom. The minimum atomic E-state index is -3.81. The van der Waals surface area contributed by atoms with Gasteiger partial charge in [0, 0.05) is 30.5 Å². The number of hydrogen-bond acceptors (Lipinski definition) is 6. The SMILES string of the molecule is COC(=O)CCC/C=C1/C[C@@H]2[C@@H](CO[Si](c3ccccc3)(c3ccccc3)C(C)(C)C)[C@H](O)C[C@]2(CNS(=O)(=O)c2ccc(Cl)cc2)C1. The smallest absolute Gasteiger partial charge is 0.305 e. The molecule has 48 heavy (non-hydrogen) atoms. The normalized spacial score (nSPS) is 23.7. The molecule has 0 bridgehead atoms. The number of esters is 1. The molecule has 3 aromatic rings. The summed E-state index contributed by atoms with van der Waals surface area (Å²) < 4.78 is 41.9. The van der Waals surface area contributed by atoms with E-state index in [2.05, 4.69) is 80.1 Å². The van der Waals surface area contributed by atoms with Gasteiger partial charge in [0.2, 0.25) is 10.0 Å². The fourth-order valence-corrected chi connectivity index (χ4v) is 13.9. The van der Waals surface area contributed by atoms with Crippen molar-refractivity contribution < 1.29 is 27.5 Å². The lowest BCUT2D eigenvalue weighted by atomic mass is 9.78. The van der Waals surface area contributed by atoms with E-state index in [-0.39, 0.29) is 34.3 Å². The summed E-state index contributed by atoms with van der Waals surface area (Å²) in [5.41, 5.74) is 0.755. The average Bonchev–Trinajstić information content (AvgIpc) is 3.54. The summed E-state index contributed by atoms with van der Waals surface area (Å²) in [5, 5.41) is 14.3. The highest BCUT2D eigenvalue weighted by molar-refractivity contribution is 7.89. The highest BCUT2D eigenvalue weighted by Crippen LogP contribution is 2.59. The van der Waals surface area contributed by atoms with Crippen LogP contribution >= 0.6 is 11.6 Å². The number of benzene rings is 3. The standard InChI is InChI=1S/C38H48ClNO6SSi/c1-37(2,3)48(31-14-7-5-8-15-31,32-16-9-6-10-17-32)46-26-33-34-23-28(13-11-12-18-36(42)45-4)24-38(34,25-35(33)41)27-40-47(43,44)30-21-19-29(39)20-22-30/h5-10,13-17,19-22,33-35,40-41H,11-12,18,23-27H2,1-4H3/b28-13-/t33-,34-,35-,38+/m1/s1. The fourth-order valence-electron chi connectivity index (χ4n) is 8.04. The van der Waals surface area contributed by atoms with E-state index < -0.39 is 29.9 Å². The van der Waals surface area contributed by atoms with Gasteiger partial charge in [-0.15, -0.1) is 0 Å². The molecule has 0 radical (unpaired) electrons. The van der Waals surface area contributed by atoms with E-state index in [1.54, 1.807) is 12.1 Å². The Balaban J connectivity index is 1.45. The third kappa shape index (κ3) is 7.67. The Labute approximate surface area is 291 Å². The molecule has 0 unspecified atom stereocenters. The van der Waals surface area contributed by atoms with Crippen molar-refractivity contribution in [1.82, 2.24) is 4.72 Å². The molecule has 10 heteroatoms. The van der Waals surface area contributed by atoms with Gasteiger partial charge in [0.05, 0.1) is 18.1 Å². The second kappa shape index (κ2) is 15.0. The molecule has 0 amide bonds. The van der Waals surface area contributed by atoms with Crippen molar-refractivity contribution in [3.05, 3.63) is 102 Å². The maximum atomic E-state index is 13.4. The summed E-state index contributed by atoms with van der Waals surface area (Å²) >= 11 is 6.02. The molecule has 2 fully saturated rings. The summed E-state index contributed by atoms with van der Waals surface area (Å²) in [6.07, 6.45) is 5.20. The third-order valence-electron chi connectivity index (χ3n) is 10.4. The van der Waals surface area contributed by atoms with E-state index in [0.29, 0.717) is 37.3 Å². The largest absolute Gasteiger partial charge is 0.469 e. The molecule has 2 aliphatic rings. The topological polar surface area (TPSA) is 102 Å². The van der Waals surface area contributed by atoms with Gasteiger partial charge in [-0.3, -0.25) is 4.79 Å². The minimum Gasteiger partial charge on any atom is -0.469 e. The van der Waals surface area contributed by atoms with Crippen molar-refractivity contribution in [2.75, 3.05) is 20.3 Å². The first kappa shape index (κ1) is 36.5. The molecule has 0 heterocycles. The number of methoxy groups -OCH3 is 1. The van der Waals surface area contributed by atoms with Crippen LogP contribution in [0.2, 0.25) is 10.1 Å². The van der Waals surface area contributed by atoms with Crippen LogP contribution in [-0.4, -0.2) is 54.2 Å². The van der Waals surface area contributed by atoms with E-state index in [1.165, 1.54) is 35.2 Å². The van der Waals surface area contributed by atoms with Crippen LogP contribution < -0.4 is 15.1 Å². The summed E-state index contributed by atoms with van der Waals surface area (Å²) in [6, 6.07) is 27.1. The van der Waals surface area contributed by atoms with Crippen molar-refractivity contribution in [1.29, 1.82) is 0 Å². The number of rotatable bonds is 13. The molecule has 2 saturated carbocycles. The Morgan fingerprint density at radius 2 is 1.62 bits per heavy atom. The summed E-state index contributed by atoms with van der Waals surface area (Å²) in [5.74, 6) is -0.411. The molecular weight excluding hydrogens is 662 g/mol. The third-order valence-corrected chi connectivity index (χ3v) is 17.0. The number of sulfonamides is 1. The number of aliphatic hydroxyl groups excluding tert-OH is 1. The average molecular weight is 710 g/mol. The Kier molecular flexibility index (Phi) is 11.4. The summed E-state index contributed by atoms with van der Waals surface area (Å²) in [6.45, 7) is 7.29. The maximum Gasteiger partial charge on any atom is 0.305 e. The van der Waals surface area contributed by atoms with Crippen LogP contribution in [0.3, 0.4) is 0 Å². The number of halogens is 1. The highest BCUT2D eigenvalue weighted by atomic mass is 35.5. The first-order valence-electron chi connectivity index (χ1n) is 16.7. The molecule has 2 aliphatic carbocycles. The molecular formula is C38H48ClNO6SSi. The van der Waals surface area contributed by atoms with Gasteiger partial charge in [-0.1, -0.05) is 105 Å². The number of nitrogens with one attached hydrogen (secondary N) is 1. The zero-order valence-corrected chi connectivity index (χ0v) is 30.9. The predicted molar refractivity (Wildman–Crippen MR) is 193 cm³/mol. The van der Waals surface area contributed by atoms with Crippen LogP contribution in [0.1, 0.15) is 59.3 Å². The van der Waals surface area contributed by atoms with Gasteiger partial charge in [0.15, 0.2) is 0 Å². The zero-order chi connectivity index (χ0) is 34.6. The lowest BCUT2D eigenvalue weighted by Crippen LogP contribution is -2.67. The molecule has 258 valence electrons. The van der Waals surface area contributed by atoms with Gasteiger partial charge >= 0.3 is 5.97 Å². The maximum absolute atomic E-state index is 13.4. The van der Waals surface area contributed by atoms with Crippen molar-refractivity contribution >= 4 is 46.3 Å². The van der Waals surface area contributed by atoms with E-state index in [1.807, 2.05) is 12.1 Å². The number of carbonyl (C=O) groups excluding carboxylic acids is 1.